The van der Waals surface area contributed by atoms with E-state index in [-0.39, 0.29) is 17.1 Å². The van der Waals surface area contributed by atoms with Gasteiger partial charge in [0.05, 0.1) is 11.9 Å². The largest absolute Gasteiger partial charge is 0.443 e. The van der Waals surface area contributed by atoms with E-state index >= 15 is 0 Å². The predicted octanol–water partition coefficient (Wildman–Crippen LogP) is 4.71. The Morgan fingerprint density at radius 3 is 2.19 bits per heavy atom. The molecule has 1 amide bonds. The Morgan fingerprint density at radius 1 is 1.12 bits per heavy atom. The van der Waals surface area contributed by atoms with E-state index in [1.807, 2.05) is 0 Å². The highest BCUT2D eigenvalue weighted by Crippen LogP contribution is 2.40. The Hall–Kier alpha value is -2.77. The number of nitrogens with zero attached hydrogens (tertiary/aromatic N) is 2. The van der Waals surface area contributed by atoms with Crippen molar-refractivity contribution in [3.63, 3.8) is 0 Å². The number of nitrogens with two attached hydrogens (primary N) is 1. The Bertz CT molecular complexity index is 741. The van der Waals surface area contributed by atoms with Crippen molar-refractivity contribution in [3.05, 3.63) is 54.2 Å². The van der Waals surface area contributed by atoms with Gasteiger partial charge in [0.1, 0.15) is 11.4 Å². The van der Waals surface area contributed by atoms with Crippen LogP contribution >= 0.6 is 0 Å². The van der Waals surface area contributed by atoms with Gasteiger partial charge >= 0.3 is 12.3 Å². The first-order valence-electron chi connectivity index (χ1n) is 7.84. The maximum atomic E-state index is 13.9. The molecular formula is C18H20F3N3O2. The fourth-order valence-corrected chi connectivity index (χ4v) is 2.30. The third-order valence-electron chi connectivity index (χ3n) is 3.29. The Balaban J connectivity index is 2.59. The molecule has 2 rings (SSSR count). The predicted molar refractivity (Wildman–Crippen MR) is 92.6 cm³/mol. The zero-order chi connectivity index (χ0) is 19.5. The number of rotatable bonds is 3. The number of pyridine rings is 1. The second kappa shape index (κ2) is 7.23. The third-order valence-corrected chi connectivity index (χ3v) is 3.29. The number of ether oxygens (including phenoxy) is 1. The van der Waals surface area contributed by atoms with Crippen LogP contribution in [0.25, 0.3) is 0 Å². The molecule has 1 heterocycles. The van der Waals surface area contributed by atoms with Crippen LogP contribution in [0, 0.1) is 0 Å². The van der Waals surface area contributed by atoms with Crippen LogP contribution in [-0.2, 0) is 4.74 Å². The molecule has 0 fully saturated rings. The van der Waals surface area contributed by atoms with Crippen molar-refractivity contribution in [2.45, 2.75) is 38.6 Å². The lowest BCUT2D eigenvalue weighted by Crippen LogP contribution is -2.45. The van der Waals surface area contributed by atoms with Crippen LogP contribution in [0.5, 0.6) is 0 Å². The van der Waals surface area contributed by atoms with Crippen LogP contribution in [0.4, 0.5) is 29.5 Å². The maximum absolute atomic E-state index is 13.9. The van der Waals surface area contributed by atoms with Crippen LogP contribution in [0.15, 0.2) is 48.7 Å². The summed E-state index contributed by atoms with van der Waals surface area (Å²) in [6, 6.07) is 7.50. The number of halogens is 3. The van der Waals surface area contributed by atoms with Gasteiger partial charge < -0.3 is 10.5 Å². The van der Waals surface area contributed by atoms with Crippen LogP contribution in [0.2, 0.25) is 0 Å². The number of carbonyl (C=O) groups is 1. The molecule has 0 saturated heterocycles. The van der Waals surface area contributed by atoms with Gasteiger partial charge in [0.2, 0.25) is 0 Å². The van der Waals surface area contributed by atoms with Gasteiger partial charge in [0.15, 0.2) is 6.04 Å². The number of hydrogen-bond donors (Lipinski definition) is 1. The number of anilines is 2. The minimum absolute atomic E-state index is 0.107. The number of amides is 1. The molecule has 5 nitrogen and oxygen atoms in total. The summed E-state index contributed by atoms with van der Waals surface area (Å²) in [4.78, 5) is 17.0. The molecule has 0 radical (unpaired) electrons. The van der Waals surface area contributed by atoms with Gasteiger partial charge in [-0.2, -0.15) is 13.2 Å². The molecule has 1 aromatic heterocycles. The highest BCUT2D eigenvalue weighted by molar-refractivity contribution is 5.88. The van der Waals surface area contributed by atoms with Crippen molar-refractivity contribution in [2.24, 2.45) is 0 Å². The molecule has 0 saturated carbocycles. The lowest BCUT2D eigenvalue weighted by atomic mass is 10.0. The van der Waals surface area contributed by atoms with E-state index in [0.717, 1.165) is 0 Å². The zero-order valence-electron chi connectivity index (χ0n) is 14.6. The fourth-order valence-electron chi connectivity index (χ4n) is 2.30. The lowest BCUT2D eigenvalue weighted by Gasteiger charge is -2.34. The minimum Gasteiger partial charge on any atom is -0.443 e. The summed E-state index contributed by atoms with van der Waals surface area (Å²) in [5.41, 5.74) is 4.74. The number of nitrogen functional groups attached to an aromatic ring is 1. The molecule has 0 aliphatic heterocycles. The summed E-state index contributed by atoms with van der Waals surface area (Å²) in [6.45, 7) is 4.72. The van der Waals surface area contributed by atoms with Crippen LogP contribution in [0.3, 0.4) is 0 Å². The molecule has 0 spiro atoms. The van der Waals surface area contributed by atoms with Gasteiger partial charge in [-0.3, -0.25) is 0 Å². The average Bonchev–Trinajstić information content (AvgIpc) is 2.51. The fraction of sp³-hybridized carbons (Fsp3) is 0.333. The van der Waals surface area contributed by atoms with Gasteiger partial charge in [-0.1, -0.05) is 30.3 Å². The zero-order valence-corrected chi connectivity index (χ0v) is 14.6. The van der Waals surface area contributed by atoms with Crippen molar-refractivity contribution in [1.29, 1.82) is 0 Å². The Labute approximate surface area is 149 Å². The first-order chi connectivity index (χ1) is 12.0. The van der Waals surface area contributed by atoms with Crippen LogP contribution in [-0.4, -0.2) is 22.9 Å². The van der Waals surface area contributed by atoms with Crippen molar-refractivity contribution in [2.75, 3.05) is 10.6 Å². The summed E-state index contributed by atoms with van der Waals surface area (Å²) in [5, 5.41) is 0. The van der Waals surface area contributed by atoms with Gasteiger partial charge in [-0.05, 0) is 38.5 Å². The standard InChI is InChI=1S/C18H20F3N3O2/c1-17(2,3)26-16(25)24(14-10-9-13(22)11-23-14)15(18(19,20)21)12-7-5-4-6-8-12/h4-11,15H,22H2,1-3H3. The minimum atomic E-state index is -4.75. The molecule has 26 heavy (non-hydrogen) atoms. The molecule has 2 aromatic rings. The number of aromatic nitrogens is 1. The highest BCUT2D eigenvalue weighted by Gasteiger charge is 2.48. The summed E-state index contributed by atoms with van der Waals surface area (Å²) in [5.74, 6) is -0.209. The van der Waals surface area contributed by atoms with Crippen LogP contribution in [0.1, 0.15) is 32.4 Å². The van der Waals surface area contributed by atoms with Crippen molar-refractivity contribution >= 4 is 17.6 Å². The van der Waals surface area contributed by atoms with Gasteiger partial charge in [0, 0.05) is 0 Å². The SMILES string of the molecule is CC(C)(C)OC(=O)N(c1ccc(N)cn1)C(c1ccccc1)C(F)(F)F. The quantitative estimate of drug-likeness (QED) is 0.853. The molecule has 1 unspecified atom stereocenters. The number of alkyl halides is 3. The molecule has 8 heteroatoms. The monoisotopic (exact) mass is 367 g/mol. The summed E-state index contributed by atoms with van der Waals surface area (Å²) >= 11 is 0. The second-order valence-corrected chi connectivity index (χ2v) is 6.65. The summed E-state index contributed by atoms with van der Waals surface area (Å²) in [7, 11) is 0. The second-order valence-electron chi connectivity index (χ2n) is 6.65. The molecule has 1 atom stereocenters. The van der Waals surface area contributed by atoms with E-state index < -0.39 is 23.9 Å². The molecule has 0 bridgehead atoms. The lowest BCUT2D eigenvalue weighted by molar-refractivity contribution is -0.150. The number of benzene rings is 1. The topological polar surface area (TPSA) is 68.5 Å². The van der Waals surface area contributed by atoms with Crippen molar-refractivity contribution < 1.29 is 22.7 Å². The number of hydrogen-bond acceptors (Lipinski definition) is 4. The average molecular weight is 367 g/mol. The normalized spacial score (nSPS) is 13.2. The Morgan fingerprint density at radius 2 is 1.73 bits per heavy atom. The van der Waals surface area contributed by atoms with E-state index in [1.54, 1.807) is 26.8 Å². The van der Waals surface area contributed by atoms with Crippen molar-refractivity contribution in [1.82, 2.24) is 4.98 Å². The Kier molecular flexibility index (Phi) is 5.44. The molecule has 0 aliphatic rings. The van der Waals surface area contributed by atoms with Crippen LogP contribution < -0.4 is 10.6 Å². The molecule has 1 aromatic carbocycles. The van der Waals surface area contributed by atoms with Gasteiger partial charge in [-0.15, -0.1) is 0 Å². The van der Waals surface area contributed by atoms with E-state index in [2.05, 4.69) is 4.98 Å². The number of carbonyl (C=O) groups excluding carboxylic acids is 1. The summed E-state index contributed by atoms with van der Waals surface area (Å²) in [6.07, 6.45) is -4.71. The summed E-state index contributed by atoms with van der Waals surface area (Å²) < 4.78 is 46.9. The first-order valence-corrected chi connectivity index (χ1v) is 7.84. The first kappa shape index (κ1) is 19.6. The highest BCUT2D eigenvalue weighted by atomic mass is 19.4. The molecule has 2 N–H and O–H groups in total. The smallest absolute Gasteiger partial charge is 0.416 e. The molecule has 0 aliphatic carbocycles. The third kappa shape index (κ3) is 4.87. The van der Waals surface area contributed by atoms with E-state index in [0.29, 0.717) is 4.90 Å². The van der Waals surface area contributed by atoms with Gasteiger partial charge in [0.25, 0.3) is 0 Å². The van der Waals surface area contributed by atoms with E-state index in [4.69, 9.17) is 10.5 Å². The maximum Gasteiger partial charge on any atom is 0.416 e. The van der Waals surface area contributed by atoms with Crippen molar-refractivity contribution in [3.8, 4) is 0 Å². The van der Waals surface area contributed by atoms with E-state index in [1.165, 1.54) is 42.6 Å². The molecule has 140 valence electrons. The van der Waals surface area contributed by atoms with Gasteiger partial charge in [-0.25, -0.2) is 14.7 Å². The molecular weight excluding hydrogens is 347 g/mol. The van der Waals surface area contributed by atoms with E-state index in [9.17, 15) is 18.0 Å².